The van der Waals surface area contributed by atoms with E-state index in [2.05, 4.69) is 0 Å². The predicted octanol–water partition coefficient (Wildman–Crippen LogP) is -0.715. The van der Waals surface area contributed by atoms with Gasteiger partial charge in [-0.1, -0.05) is 0 Å². The molecule has 0 aromatic carbocycles. The first-order chi connectivity index (χ1) is 0. The Hall–Kier alpha value is 1.93. The van der Waals surface area contributed by atoms with Crippen LogP contribution in [-0.4, -0.2) is 21.9 Å². The van der Waals surface area contributed by atoms with Crippen LogP contribution in [0.1, 0.15) is 0 Å². The van der Waals surface area contributed by atoms with Crippen molar-refractivity contribution < 1.29 is 85.8 Å². The van der Waals surface area contributed by atoms with Crippen LogP contribution in [0.15, 0.2) is 0 Å². The van der Waals surface area contributed by atoms with Crippen LogP contribution in [0.2, 0.25) is 0 Å². The molecule has 44 valence electrons. The fraction of sp³-hybridized carbons (Fsp3) is 0. The Labute approximate surface area is 85.1 Å². The van der Waals surface area contributed by atoms with E-state index in [1.165, 1.54) is 0 Å². The van der Waals surface area contributed by atoms with Crippen LogP contribution in [-0.2, 0) is 63.8 Å². The molecule has 0 bridgehead atoms. The summed E-state index contributed by atoms with van der Waals surface area (Å²) >= 11 is 0. The summed E-state index contributed by atoms with van der Waals surface area (Å²) in [6.07, 6.45) is 0. The summed E-state index contributed by atoms with van der Waals surface area (Å²) in [7, 11) is 0. The van der Waals surface area contributed by atoms with Gasteiger partial charge in [-0.25, -0.2) is 0 Å². The second kappa shape index (κ2) is 102. The average Bonchev–Trinajstić information content (AvgIpc) is 0. The van der Waals surface area contributed by atoms with Crippen molar-refractivity contribution in [3.63, 3.8) is 0 Å². The molecule has 0 aliphatic carbocycles. The third-order valence-corrected chi connectivity index (χ3v) is 0. The maximum atomic E-state index is 0. The van der Waals surface area contributed by atoms with Crippen LogP contribution in [0.5, 0.6) is 0 Å². The molecule has 0 saturated heterocycles. The van der Waals surface area contributed by atoms with Gasteiger partial charge < -0.3 is 21.9 Å². The first kappa shape index (κ1) is 151. The Bertz CT molecular complexity index is 9.65. The molecule has 0 aromatic rings. The molecule has 0 aliphatic rings. The Morgan fingerprint density at radius 1 is 0.429 bits per heavy atom. The zero-order valence-corrected chi connectivity index (χ0v) is 10.5. The molecule has 0 amide bonds. The SMILES string of the molecule is [OH-].[OH-].[OH-].[OH-].[Ti].[W+2].[W+2]. The quantitative estimate of drug-likeness (QED) is 0.423. The molecule has 7 heavy (non-hydrogen) atoms. The van der Waals surface area contributed by atoms with Crippen molar-refractivity contribution in [1.29, 1.82) is 0 Å². The predicted molar refractivity (Wildman–Crippen MR) is 7.74 cm³/mol. The Kier molecular flexibility index (Phi) is 2200. The summed E-state index contributed by atoms with van der Waals surface area (Å²) in [5.41, 5.74) is 0. The van der Waals surface area contributed by atoms with E-state index in [0.717, 1.165) is 0 Å². The first-order valence-corrected chi connectivity index (χ1v) is 0. The van der Waals surface area contributed by atoms with Gasteiger partial charge in [0.1, 0.15) is 0 Å². The van der Waals surface area contributed by atoms with E-state index in [0.29, 0.717) is 0 Å². The number of hydrogen-bond donors (Lipinski definition) is 0. The van der Waals surface area contributed by atoms with Crippen LogP contribution in [0.4, 0.5) is 0 Å². The van der Waals surface area contributed by atoms with E-state index >= 15 is 0 Å². The second-order valence-corrected chi connectivity index (χ2v) is 0. The third-order valence-electron chi connectivity index (χ3n) is 0. The molecule has 4 N–H and O–H groups in total. The number of rotatable bonds is 0. The normalized spacial score (nSPS) is 0. The minimum Gasteiger partial charge on any atom is -0.870 e. The summed E-state index contributed by atoms with van der Waals surface area (Å²) in [5, 5.41) is 0. The summed E-state index contributed by atoms with van der Waals surface area (Å²) in [4.78, 5) is 0. The first-order valence-electron chi connectivity index (χ1n) is 0. The van der Waals surface area contributed by atoms with Crippen molar-refractivity contribution in [2.45, 2.75) is 0 Å². The molecule has 0 rings (SSSR count). The fourth-order valence-electron chi connectivity index (χ4n) is 0. The minimum absolute atomic E-state index is 0. The van der Waals surface area contributed by atoms with Gasteiger partial charge in [0.2, 0.25) is 0 Å². The Morgan fingerprint density at radius 2 is 0.429 bits per heavy atom. The van der Waals surface area contributed by atoms with Gasteiger partial charge in [0.25, 0.3) is 0 Å². The van der Waals surface area contributed by atoms with Crippen molar-refractivity contribution in [3.8, 4) is 0 Å². The van der Waals surface area contributed by atoms with E-state index in [1.54, 1.807) is 0 Å². The summed E-state index contributed by atoms with van der Waals surface area (Å²) in [5.74, 6) is 0. The van der Waals surface area contributed by atoms with E-state index in [4.69, 9.17) is 0 Å². The molecule has 0 unspecified atom stereocenters. The third kappa shape index (κ3) is 74.8. The summed E-state index contributed by atoms with van der Waals surface area (Å²) < 4.78 is 0. The van der Waals surface area contributed by atoms with Gasteiger partial charge in [-0.15, -0.1) is 0 Å². The molecule has 7 heteroatoms. The second-order valence-electron chi connectivity index (χ2n) is 0. The van der Waals surface area contributed by atoms with E-state index in [1.807, 2.05) is 0 Å². The molecule has 0 atom stereocenters. The molecule has 0 spiro atoms. The zero-order valence-electron chi connectivity index (χ0n) is 3.11. The van der Waals surface area contributed by atoms with Crippen LogP contribution in [0, 0.1) is 0 Å². The van der Waals surface area contributed by atoms with Gasteiger partial charge >= 0.3 is 42.1 Å². The number of hydrogen-bond acceptors (Lipinski definition) is 4. The Balaban J connectivity index is 0. The van der Waals surface area contributed by atoms with Crippen molar-refractivity contribution >= 4 is 0 Å². The van der Waals surface area contributed by atoms with E-state index in [9.17, 15) is 0 Å². The van der Waals surface area contributed by atoms with Crippen molar-refractivity contribution in [1.82, 2.24) is 0 Å². The molecule has 0 aromatic heterocycles. The van der Waals surface area contributed by atoms with Gasteiger partial charge in [-0.2, -0.15) is 0 Å². The van der Waals surface area contributed by atoms with Crippen LogP contribution >= 0.6 is 0 Å². The molecule has 4 nitrogen and oxygen atoms in total. The summed E-state index contributed by atoms with van der Waals surface area (Å²) in [6, 6.07) is 0. The topological polar surface area (TPSA) is 120 Å². The maximum absolute atomic E-state index is 0. The van der Waals surface area contributed by atoms with Gasteiger partial charge in [-0.3, -0.25) is 0 Å². The molecule has 0 radical (unpaired) electrons. The molecular weight excluding hydrogens is 480 g/mol. The molecule has 0 heterocycles. The van der Waals surface area contributed by atoms with Crippen molar-refractivity contribution in [2.24, 2.45) is 0 Å². The minimum atomic E-state index is 0. The van der Waals surface area contributed by atoms with Crippen LogP contribution < -0.4 is 0 Å². The smallest absolute Gasteiger partial charge is 0.870 e. The van der Waals surface area contributed by atoms with E-state index < -0.39 is 0 Å². The van der Waals surface area contributed by atoms with Crippen LogP contribution in [0.3, 0.4) is 0 Å². The maximum Gasteiger partial charge on any atom is 2.00 e. The average molecular weight is 484 g/mol. The van der Waals surface area contributed by atoms with Gasteiger partial charge in [0.15, 0.2) is 0 Å². The largest absolute Gasteiger partial charge is 2.00 e. The van der Waals surface area contributed by atoms with Gasteiger partial charge in [-0.05, 0) is 0 Å². The summed E-state index contributed by atoms with van der Waals surface area (Å²) in [6.45, 7) is 0. The van der Waals surface area contributed by atoms with Crippen molar-refractivity contribution in [3.05, 3.63) is 0 Å². The van der Waals surface area contributed by atoms with Crippen molar-refractivity contribution in [2.75, 3.05) is 0 Å². The van der Waals surface area contributed by atoms with E-state index in [-0.39, 0.29) is 85.8 Å². The van der Waals surface area contributed by atoms with Gasteiger partial charge in [0, 0.05) is 21.7 Å². The molecule has 0 fully saturated rings. The zero-order chi connectivity index (χ0) is 0. The molecule has 0 saturated carbocycles. The fourth-order valence-corrected chi connectivity index (χ4v) is 0. The molecule has 0 aliphatic heterocycles. The van der Waals surface area contributed by atoms with Crippen LogP contribution in [0.25, 0.3) is 0 Å². The molecular formula is H4O4TiW2. The standard InChI is InChI=1S/4H2O.Ti.2W/h4*1H2;;;/q;;;;;2*+2/p-4. The monoisotopic (exact) mass is 484 g/mol. The van der Waals surface area contributed by atoms with Gasteiger partial charge in [0.05, 0.1) is 0 Å². The Morgan fingerprint density at radius 3 is 0.429 bits per heavy atom.